The molecular weight excluding hydrogens is 406 g/mol. The molecule has 1 aliphatic rings. The van der Waals surface area contributed by atoms with Gasteiger partial charge in [-0.25, -0.2) is 0 Å². The molecule has 1 fully saturated rings. The number of hydrogen-bond acceptors (Lipinski definition) is 4. The number of pyridine rings is 1. The first-order chi connectivity index (χ1) is 15.2. The Bertz CT molecular complexity index is 1030. The number of anilines is 1. The smallest absolute Gasteiger partial charge is 0.250 e. The van der Waals surface area contributed by atoms with Gasteiger partial charge in [0, 0.05) is 45.0 Å². The van der Waals surface area contributed by atoms with Gasteiger partial charge in [-0.1, -0.05) is 30.3 Å². The highest BCUT2D eigenvalue weighted by Crippen LogP contribution is 2.24. The molecular formula is C24H29N5OS. The molecule has 0 atom stereocenters. The van der Waals surface area contributed by atoms with Crippen molar-refractivity contribution in [2.45, 2.75) is 32.0 Å². The molecule has 0 unspecified atom stereocenters. The SMILES string of the molecule is CN=C(NCc1ccc(Cn2ccccc2=O)cc1)NC1CCN(c2cccs2)CC1. The van der Waals surface area contributed by atoms with Crippen LogP contribution in [0.3, 0.4) is 0 Å². The second kappa shape index (κ2) is 10.3. The van der Waals surface area contributed by atoms with E-state index in [1.54, 1.807) is 16.7 Å². The van der Waals surface area contributed by atoms with E-state index in [-0.39, 0.29) is 5.56 Å². The molecule has 4 rings (SSSR count). The first kappa shape index (κ1) is 21.2. The first-order valence-electron chi connectivity index (χ1n) is 10.7. The predicted octanol–water partition coefficient (Wildman–Crippen LogP) is 3.29. The monoisotopic (exact) mass is 435 g/mol. The third-order valence-corrected chi connectivity index (χ3v) is 6.54. The third-order valence-electron chi connectivity index (χ3n) is 5.61. The summed E-state index contributed by atoms with van der Waals surface area (Å²) in [5, 5.41) is 10.5. The molecule has 1 aromatic carbocycles. The van der Waals surface area contributed by atoms with Crippen LogP contribution in [0.1, 0.15) is 24.0 Å². The fraction of sp³-hybridized carbons (Fsp3) is 0.333. The topological polar surface area (TPSA) is 61.7 Å². The average molecular weight is 436 g/mol. The van der Waals surface area contributed by atoms with Gasteiger partial charge in [-0.2, -0.15) is 0 Å². The van der Waals surface area contributed by atoms with Crippen molar-refractivity contribution in [1.82, 2.24) is 15.2 Å². The Morgan fingerprint density at radius 2 is 1.84 bits per heavy atom. The van der Waals surface area contributed by atoms with E-state index in [0.29, 0.717) is 19.1 Å². The van der Waals surface area contributed by atoms with Crippen LogP contribution in [0.5, 0.6) is 0 Å². The summed E-state index contributed by atoms with van der Waals surface area (Å²) in [6.45, 7) is 3.43. The number of thiophene rings is 1. The van der Waals surface area contributed by atoms with Crippen molar-refractivity contribution in [3.05, 3.63) is 87.7 Å². The Kier molecular flexibility index (Phi) is 7.04. The van der Waals surface area contributed by atoms with Gasteiger partial charge >= 0.3 is 0 Å². The van der Waals surface area contributed by atoms with Crippen molar-refractivity contribution in [2.75, 3.05) is 25.0 Å². The molecule has 3 aromatic rings. The van der Waals surface area contributed by atoms with Crippen LogP contribution in [0, 0.1) is 0 Å². The van der Waals surface area contributed by atoms with E-state index in [0.717, 1.165) is 37.5 Å². The summed E-state index contributed by atoms with van der Waals surface area (Å²) in [5.74, 6) is 0.842. The zero-order valence-corrected chi connectivity index (χ0v) is 18.6. The van der Waals surface area contributed by atoms with Crippen molar-refractivity contribution in [3.63, 3.8) is 0 Å². The summed E-state index contributed by atoms with van der Waals surface area (Å²) in [4.78, 5) is 18.7. The number of guanidine groups is 1. The van der Waals surface area contributed by atoms with E-state index in [1.165, 1.54) is 10.6 Å². The van der Waals surface area contributed by atoms with Crippen LogP contribution < -0.4 is 21.1 Å². The molecule has 0 amide bonds. The average Bonchev–Trinajstić information content (AvgIpc) is 3.34. The van der Waals surface area contributed by atoms with Crippen LogP contribution in [-0.4, -0.2) is 36.7 Å². The van der Waals surface area contributed by atoms with Crippen LogP contribution in [0.15, 0.2) is 76.0 Å². The number of nitrogens with zero attached hydrogens (tertiary/aromatic N) is 3. The minimum absolute atomic E-state index is 0.0179. The summed E-state index contributed by atoms with van der Waals surface area (Å²) < 4.78 is 1.71. The highest BCUT2D eigenvalue weighted by atomic mass is 32.1. The third kappa shape index (κ3) is 5.76. The van der Waals surface area contributed by atoms with Crippen molar-refractivity contribution in [2.24, 2.45) is 4.99 Å². The molecule has 3 heterocycles. The largest absolute Gasteiger partial charge is 0.363 e. The van der Waals surface area contributed by atoms with Crippen LogP contribution in [0.2, 0.25) is 0 Å². The van der Waals surface area contributed by atoms with Gasteiger partial charge in [0.05, 0.1) is 11.5 Å². The highest BCUT2D eigenvalue weighted by Gasteiger charge is 2.20. The lowest BCUT2D eigenvalue weighted by Gasteiger charge is -2.33. The molecule has 6 nitrogen and oxygen atoms in total. The number of aliphatic imine (C=N–C) groups is 1. The predicted molar refractivity (Wildman–Crippen MR) is 129 cm³/mol. The molecule has 1 saturated heterocycles. The van der Waals surface area contributed by atoms with Crippen molar-refractivity contribution in [1.29, 1.82) is 0 Å². The molecule has 1 aliphatic heterocycles. The molecule has 0 saturated carbocycles. The van der Waals surface area contributed by atoms with E-state index in [1.807, 2.05) is 30.6 Å². The van der Waals surface area contributed by atoms with E-state index >= 15 is 0 Å². The molecule has 0 aliphatic carbocycles. The molecule has 0 spiro atoms. The number of aromatic nitrogens is 1. The van der Waals surface area contributed by atoms with E-state index in [2.05, 4.69) is 62.3 Å². The van der Waals surface area contributed by atoms with Gasteiger partial charge in [0.2, 0.25) is 0 Å². The Labute approximate surface area is 187 Å². The number of nitrogens with one attached hydrogen (secondary N) is 2. The second-order valence-electron chi connectivity index (χ2n) is 7.77. The number of hydrogen-bond donors (Lipinski definition) is 2. The van der Waals surface area contributed by atoms with Gasteiger partial charge in [-0.05, 0) is 47.5 Å². The zero-order chi connectivity index (χ0) is 21.5. The van der Waals surface area contributed by atoms with Gasteiger partial charge in [-0.15, -0.1) is 11.3 Å². The van der Waals surface area contributed by atoms with Crippen LogP contribution in [0.25, 0.3) is 0 Å². The minimum atomic E-state index is 0.0179. The Morgan fingerprint density at radius 3 is 2.52 bits per heavy atom. The quantitative estimate of drug-likeness (QED) is 0.461. The summed E-state index contributed by atoms with van der Waals surface area (Å²) in [5.41, 5.74) is 2.31. The van der Waals surface area contributed by atoms with Gasteiger partial charge in [-0.3, -0.25) is 9.79 Å². The summed E-state index contributed by atoms with van der Waals surface area (Å²) in [7, 11) is 1.82. The summed E-state index contributed by atoms with van der Waals surface area (Å²) >= 11 is 1.81. The number of piperidine rings is 1. The maximum absolute atomic E-state index is 11.9. The zero-order valence-electron chi connectivity index (χ0n) is 17.8. The molecule has 2 aromatic heterocycles. The maximum atomic E-state index is 11.9. The van der Waals surface area contributed by atoms with Crippen molar-refractivity contribution < 1.29 is 0 Å². The van der Waals surface area contributed by atoms with Gasteiger partial charge in [0.1, 0.15) is 0 Å². The minimum Gasteiger partial charge on any atom is -0.363 e. The lowest BCUT2D eigenvalue weighted by molar-refractivity contribution is 0.463. The van der Waals surface area contributed by atoms with Crippen LogP contribution >= 0.6 is 11.3 Å². The van der Waals surface area contributed by atoms with E-state index in [9.17, 15) is 4.79 Å². The molecule has 2 N–H and O–H groups in total. The second-order valence-corrected chi connectivity index (χ2v) is 8.69. The highest BCUT2D eigenvalue weighted by molar-refractivity contribution is 7.14. The van der Waals surface area contributed by atoms with Gasteiger partial charge in [0.15, 0.2) is 5.96 Å². The molecule has 7 heteroatoms. The van der Waals surface area contributed by atoms with E-state index in [4.69, 9.17) is 0 Å². The summed E-state index contributed by atoms with van der Waals surface area (Å²) in [6, 6.07) is 18.3. The number of rotatable bonds is 6. The fourth-order valence-corrected chi connectivity index (χ4v) is 4.60. The van der Waals surface area contributed by atoms with Gasteiger partial charge < -0.3 is 20.1 Å². The maximum Gasteiger partial charge on any atom is 0.250 e. The normalized spacial score (nSPS) is 15.1. The van der Waals surface area contributed by atoms with E-state index < -0.39 is 0 Å². The fourth-order valence-electron chi connectivity index (χ4n) is 3.82. The lowest BCUT2D eigenvalue weighted by atomic mass is 10.1. The standard InChI is InChI=1S/C24H29N5OS/c1-25-24(27-21-11-14-28(15-12-21)23-6-4-16-31-23)26-17-19-7-9-20(10-8-19)18-29-13-3-2-5-22(29)30/h2-10,13,16,21H,11-12,14-15,17-18H2,1H3,(H2,25,26,27). The van der Waals surface area contributed by atoms with Crippen molar-refractivity contribution in [3.8, 4) is 0 Å². The lowest BCUT2D eigenvalue weighted by Crippen LogP contribution is -2.48. The first-order valence-corrected chi connectivity index (χ1v) is 11.6. The van der Waals surface area contributed by atoms with Gasteiger partial charge in [0.25, 0.3) is 5.56 Å². The van der Waals surface area contributed by atoms with Crippen LogP contribution in [-0.2, 0) is 13.1 Å². The summed E-state index contributed by atoms with van der Waals surface area (Å²) in [6.07, 6.45) is 4.02. The molecule has 0 bridgehead atoms. The molecule has 0 radical (unpaired) electrons. The molecule has 31 heavy (non-hydrogen) atoms. The Balaban J connectivity index is 1.24. The Hall–Kier alpha value is -3.06. The van der Waals surface area contributed by atoms with Crippen LogP contribution in [0.4, 0.5) is 5.00 Å². The Morgan fingerprint density at radius 1 is 1.06 bits per heavy atom. The van der Waals surface area contributed by atoms with Crippen molar-refractivity contribution >= 4 is 22.3 Å². The molecule has 162 valence electrons. The number of benzene rings is 1.